The third-order valence-corrected chi connectivity index (χ3v) is 4.72. The van der Waals surface area contributed by atoms with Gasteiger partial charge in [-0.1, -0.05) is 12.1 Å². The molecule has 0 radical (unpaired) electrons. The van der Waals surface area contributed by atoms with Crippen molar-refractivity contribution in [2.75, 3.05) is 53.5 Å². The molecule has 158 valence electrons. The van der Waals surface area contributed by atoms with E-state index in [1.807, 2.05) is 25.1 Å². The van der Waals surface area contributed by atoms with Gasteiger partial charge in [-0.05, 0) is 44.4 Å². The number of nitrogens with one attached hydrogen (secondary N) is 1. The molecule has 7 heteroatoms. The van der Waals surface area contributed by atoms with E-state index in [1.54, 1.807) is 19.0 Å². The average molecular weight is 502 g/mol. The van der Waals surface area contributed by atoms with Crippen molar-refractivity contribution < 1.29 is 9.53 Å². The molecule has 1 atom stereocenters. The van der Waals surface area contributed by atoms with Crippen LogP contribution >= 0.6 is 24.0 Å². The first-order valence-corrected chi connectivity index (χ1v) is 9.96. The summed E-state index contributed by atoms with van der Waals surface area (Å²) in [5, 5.41) is 3.41. The zero-order chi connectivity index (χ0) is 19.6. The molecule has 1 unspecified atom stereocenters. The minimum atomic E-state index is 0. The predicted molar refractivity (Wildman–Crippen MR) is 126 cm³/mol. The van der Waals surface area contributed by atoms with Crippen LogP contribution in [0.3, 0.4) is 0 Å². The number of nitrogens with zero attached hydrogens (tertiary/aromatic N) is 3. The Kier molecular flexibility index (Phi) is 11.4. The van der Waals surface area contributed by atoms with Gasteiger partial charge in [0.25, 0.3) is 5.91 Å². The minimum absolute atomic E-state index is 0. The Morgan fingerprint density at radius 1 is 1.36 bits per heavy atom. The van der Waals surface area contributed by atoms with Crippen molar-refractivity contribution in [1.29, 1.82) is 0 Å². The summed E-state index contributed by atoms with van der Waals surface area (Å²) in [6, 6.07) is 7.84. The molecule has 0 aromatic heterocycles. The Morgan fingerprint density at radius 2 is 2.14 bits per heavy atom. The van der Waals surface area contributed by atoms with E-state index in [1.165, 1.54) is 0 Å². The highest BCUT2D eigenvalue weighted by atomic mass is 127. The van der Waals surface area contributed by atoms with Crippen LogP contribution in [0, 0.1) is 5.92 Å². The highest BCUT2D eigenvalue weighted by Crippen LogP contribution is 2.17. The topological polar surface area (TPSA) is 57.2 Å². The van der Waals surface area contributed by atoms with Gasteiger partial charge < -0.3 is 19.9 Å². The lowest BCUT2D eigenvalue weighted by Crippen LogP contribution is -2.40. The summed E-state index contributed by atoms with van der Waals surface area (Å²) in [6.07, 6.45) is 1.97. The molecule has 0 bridgehead atoms. The SMILES string of the molecule is CCNC(=NCCc1cccc(C(=O)N(C)C)c1)N1CCC(COCC)C1.I. The maximum Gasteiger partial charge on any atom is 0.253 e. The van der Waals surface area contributed by atoms with Crippen molar-refractivity contribution in [3.63, 3.8) is 0 Å². The number of hydrogen-bond donors (Lipinski definition) is 1. The van der Waals surface area contributed by atoms with Crippen molar-refractivity contribution in [3.05, 3.63) is 35.4 Å². The molecule has 1 aliphatic rings. The van der Waals surface area contributed by atoms with Crippen molar-refractivity contribution in [2.24, 2.45) is 10.9 Å². The number of carbonyl (C=O) groups is 1. The van der Waals surface area contributed by atoms with Gasteiger partial charge in [-0.3, -0.25) is 9.79 Å². The van der Waals surface area contributed by atoms with Crippen LogP contribution in [0.2, 0.25) is 0 Å². The van der Waals surface area contributed by atoms with Crippen molar-refractivity contribution in [1.82, 2.24) is 15.1 Å². The number of ether oxygens (including phenoxy) is 1. The highest BCUT2D eigenvalue weighted by molar-refractivity contribution is 14.0. The molecule has 2 rings (SSSR count). The third-order valence-electron chi connectivity index (χ3n) is 4.72. The third kappa shape index (κ3) is 7.58. The average Bonchev–Trinajstić information content (AvgIpc) is 3.14. The molecule has 1 fully saturated rings. The quantitative estimate of drug-likeness (QED) is 0.338. The Hall–Kier alpha value is -1.35. The van der Waals surface area contributed by atoms with Crippen LogP contribution in [-0.4, -0.2) is 75.2 Å². The second kappa shape index (κ2) is 13.0. The van der Waals surface area contributed by atoms with Gasteiger partial charge in [-0.15, -0.1) is 24.0 Å². The lowest BCUT2D eigenvalue weighted by Gasteiger charge is -2.21. The number of benzene rings is 1. The van der Waals surface area contributed by atoms with Crippen LogP contribution in [0.15, 0.2) is 29.3 Å². The fourth-order valence-electron chi connectivity index (χ4n) is 3.28. The summed E-state index contributed by atoms with van der Waals surface area (Å²) < 4.78 is 5.57. The second-order valence-electron chi connectivity index (χ2n) is 7.15. The molecule has 1 amide bonds. The molecule has 28 heavy (non-hydrogen) atoms. The summed E-state index contributed by atoms with van der Waals surface area (Å²) in [5.74, 6) is 1.60. The highest BCUT2D eigenvalue weighted by Gasteiger charge is 2.24. The van der Waals surface area contributed by atoms with Crippen molar-refractivity contribution in [3.8, 4) is 0 Å². The van der Waals surface area contributed by atoms with E-state index in [4.69, 9.17) is 9.73 Å². The number of carbonyl (C=O) groups excluding carboxylic acids is 1. The molecule has 1 saturated heterocycles. The molecule has 1 N–H and O–H groups in total. The fourth-order valence-corrected chi connectivity index (χ4v) is 3.28. The number of amides is 1. The first-order valence-electron chi connectivity index (χ1n) is 9.96. The minimum Gasteiger partial charge on any atom is -0.381 e. The van der Waals surface area contributed by atoms with Crippen LogP contribution < -0.4 is 5.32 Å². The van der Waals surface area contributed by atoms with Crippen molar-refractivity contribution in [2.45, 2.75) is 26.7 Å². The maximum absolute atomic E-state index is 12.1. The molecule has 0 saturated carbocycles. The smallest absolute Gasteiger partial charge is 0.253 e. The van der Waals surface area contributed by atoms with Crippen molar-refractivity contribution >= 4 is 35.8 Å². The molecule has 1 aliphatic heterocycles. The Labute approximate surface area is 186 Å². The molecule has 0 spiro atoms. The molecule has 1 aromatic rings. The van der Waals surface area contributed by atoms with Gasteiger partial charge in [0.15, 0.2) is 5.96 Å². The predicted octanol–water partition coefficient (Wildman–Crippen LogP) is 2.87. The number of hydrogen-bond acceptors (Lipinski definition) is 3. The van der Waals surface area contributed by atoms with Gasteiger partial charge in [0.05, 0.1) is 6.61 Å². The second-order valence-corrected chi connectivity index (χ2v) is 7.15. The van der Waals surface area contributed by atoms with Crippen LogP contribution in [0.25, 0.3) is 0 Å². The first kappa shape index (κ1) is 24.7. The van der Waals surface area contributed by atoms with E-state index < -0.39 is 0 Å². The first-order chi connectivity index (χ1) is 13.0. The number of halogens is 1. The molecule has 1 heterocycles. The summed E-state index contributed by atoms with van der Waals surface area (Å²) in [6.45, 7) is 9.33. The lowest BCUT2D eigenvalue weighted by atomic mass is 10.1. The molecule has 6 nitrogen and oxygen atoms in total. The normalized spacial score (nSPS) is 16.6. The molecule has 0 aliphatic carbocycles. The Morgan fingerprint density at radius 3 is 2.82 bits per heavy atom. The van der Waals surface area contributed by atoms with Gasteiger partial charge in [-0.2, -0.15) is 0 Å². The summed E-state index contributed by atoms with van der Waals surface area (Å²) in [7, 11) is 3.55. The summed E-state index contributed by atoms with van der Waals surface area (Å²) in [4.78, 5) is 20.9. The zero-order valence-corrected chi connectivity index (χ0v) is 19.9. The van der Waals surface area contributed by atoms with E-state index in [2.05, 4.69) is 23.2 Å². The van der Waals surface area contributed by atoms with Gasteiger partial charge in [0, 0.05) is 58.4 Å². The van der Waals surface area contributed by atoms with E-state index in [0.29, 0.717) is 12.5 Å². The largest absolute Gasteiger partial charge is 0.381 e. The number of rotatable bonds is 8. The standard InChI is InChI=1S/C21H34N4O2.HI/c1-5-22-21(25-13-11-18(15-25)16-27-6-2)23-12-10-17-8-7-9-19(14-17)20(26)24(3)4;/h7-9,14,18H,5-6,10-13,15-16H2,1-4H3,(H,22,23);1H. The molecular weight excluding hydrogens is 467 g/mol. The van der Waals surface area contributed by atoms with Crippen LogP contribution in [0.1, 0.15) is 36.2 Å². The van der Waals surface area contributed by atoms with E-state index in [0.717, 1.165) is 62.8 Å². The number of aliphatic imine (C=N–C) groups is 1. The Balaban J connectivity index is 0.00000392. The molecule has 1 aromatic carbocycles. The van der Waals surface area contributed by atoms with E-state index in [9.17, 15) is 4.79 Å². The van der Waals surface area contributed by atoms with Crippen LogP contribution in [0.5, 0.6) is 0 Å². The summed E-state index contributed by atoms with van der Waals surface area (Å²) in [5.41, 5.74) is 1.87. The van der Waals surface area contributed by atoms with E-state index >= 15 is 0 Å². The lowest BCUT2D eigenvalue weighted by molar-refractivity contribution is 0.0827. The monoisotopic (exact) mass is 502 g/mol. The molecular formula is C21H35IN4O2. The number of likely N-dealkylation sites (tertiary alicyclic amines) is 1. The van der Waals surface area contributed by atoms with Gasteiger partial charge in [0.2, 0.25) is 0 Å². The maximum atomic E-state index is 12.1. The fraction of sp³-hybridized carbons (Fsp3) is 0.619. The number of guanidine groups is 1. The summed E-state index contributed by atoms with van der Waals surface area (Å²) >= 11 is 0. The van der Waals surface area contributed by atoms with Crippen LogP contribution in [0.4, 0.5) is 0 Å². The Bertz CT molecular complexity index is 637. The van der Waals surface area contributed by atoms with Crippen LogP contribution in [-0.2, 0) is 11.2 Å². The van der Waals surface area contributed by atoms with Gasteiger partial charge in [0.1, 0.15) is 0 Å². The van der Waals surface area contributed by atoms with Gasteiger partial charge >= 0.3 is 0 Å². The van der Waals surface area contributed by atoms with E-state index in [-0.39, 0.29) is 29.9 Å². The van der Waals surface area contributed by atoms with Gasteiger partial charge in [-0.25, -0.2) is 0 Å². The zero-order valence-electron chi connectivity index (χ0n) is 17.6.